The highest BCUT2D eigenvalue weighted by atomic mass is 32.2. The van der Waals surface area contributed by atoms with Gasteiger partial charge in [-0.2, -0.15) is 0 Å². The van der Waals surface area contributed by atoms with E-state index in [4.69, 9.17) is 0 Å². The molecule has 0 saturated carbocycles. The largest absolute Gasteiger partial charge is 0.259 e. The van der Waals surface area contributed by atoms with Crippen molar-refractivity contribution < 1.29 is 4.21 Å². The Hall–Kier alpha value is -0.890. The molecule has 13 heavy (non-hydrogen) atoms. The maximum Gasteiger partial charge on any atom is 0.0488 e. The van der Waals surface area contributed by atoms with Gasteiger partial charge in [0.2, 0.25) is 0 Å². The molecule has 0 radical (unpaired) electrons. The Morgan fingerprint density at radius 2 is 2.00 bits per heavy atom. The van der Waals surface area contributed by atoms with Crippen molar-refractivity contribution in [3.8, 4) is 0 Å². The van der Waals surface area contributed by atoms with Crippen LogP contribution in [0.4, 0.5) is 0 Å². The summed E-state index contributed by atoms with van der Waals surface area (Å²) in [5.41, 5.74) is 1.14. The monoisotopic (exact) mass is 194 g/mol. The summed E-state index contributed by atoms with van der Waals surface area (Å²) in [7, 11) is -0.758. The zero-order valence-corrected chi connectivity index (χ0v) is 8.59. The van der Waals surface area contributed by atoms with Crippen LogP contribution in [0, 0.1) is 0 Å². The van der Waals surface area contributed by atoms with Crippen LogP contribution in [0.5, 0.6) is 0 Å². The summed E-state index contributed by atoms with van der Waals surface area (Å²) in [5.74, 6) is 1.32. The Morgan fingerprint density at radius 3 is 2.62 bits per heavy atom. The molecule has 0 aromatic heterocycles. The van der Waals surface area contributed by atoms with E-state index < -0.39 is 10.8 Å². The van der Waals surface area contributed by atoms with Crippen LogP contribution in [0.2, 0.25) is 0 Å². The summed E-state index contributed by atoms with van der Waals surface area (Å²) in [6, 6.07) is 9.93. The second-order valence-electron chi connectivity index (χ2n) is 2.81. The fourth-order valence-electron chi connectivity index (χ4n) is 1.02. The van der Waals surface area contributed by atoms with Crippen molar-refractivity contribution in [2.75, 3.05) is 5.75 Å². The van der Waals surface area contributed by atoms with Crippen molar-refractivity contribution in [1.29, 1.82) is 0 Å². The van der Waals surface area contributed by atoms with E-state index in [9.17, 15) is 4.21 Å². The minimum atomic E-state index is -0.758. The van der Waals surface area contributed by atoms with Gasteiger partial charge in [0.25, 0.3) is 0 Å². The quantitative estimate of drug-likeness (QED) is 0.673. The van der Waals surface area contributed by atoms with E-state index in [1.54, 1.807) is 0 Å². The van der Waals surface area contributed by atoms with Crippen LogP contribution in [-0.2, 0) is 16.6 Å². The molecule has 0 heterocycles. The molecule has 0 aliphatic heterocycles. The minimum absolute atomic E-state index is 0.658. The highest BCUT2D eigenvalue weighted by Crippen LogP contribution is 2.02. The fraction of sp³-hybridized carbons (Fsp3) is 0.273. The topological polar surface area (TPSA) is 17.1 Å². The molecule has 0 aliphatic rings. The van der Waals surface area contributed by atoms with Gasteiger partial charge in [0.15, 0.2) is 0 Å². The maximum absolute atomic E-state index is 11.4. The van der Waals surface area contributed by atoms with E-state index in [-0.39, 0.29) is 0 Å². The zero-order valence-electron chi connectivity index (χ0n) is 7.77. The van der Waals surface area contributed by atoms with Crippen LogP contribution in [0.25, 0.3) is 0 Å². The average molecular weight is 194 g/mol. The minimum Gasteiger partial charge on any atom is -0.259 e. The van der Waals surface area contributed by atoms with Crippen LogP contribution in [-0.4, -0.2) is 9.96 Å². The molecular formula is C11H14OS. The van der Waals surface area contributed by atoms with Gasteiger partial charge in [-0.15, -0.1) is 0 Å². The van der Waals surface area contributed by atoms with Crippen molar-refractivity contribution in [2.45, 2.75) is 12.7 Å². The highest BCUT2D eigenvalue weighted by Gasteiger charge is 1.97. The predicted octanol–water partition coefficient (Wildman–Crippen LogP) is 2.51. The molecule has 1 aromatic carbocycles. The molecule has 0 aliphatic carbocycles. The Morgan fingerprint density at radius 1 is 1.31 bits per heavy atom. The van der Waals surface area contributed by atoms with Gasteiger partial charge in [-0.05, 0) is 12.5 Å². The Labute approximate surface area is 81.9 Å². The van der Waals surface area contributed by atoms with Gasteiger partial charge < -0.3 is 0 Å². The molecule has 0 fully saturated rings. The molecule has 1 nitrogen and oxygen atoms in total. The second kappa shape index (κ2) is 5.70. The van der Waals surface area contributed by atoms with Crippen molar-refractivity contribution in [1.82, 2.24) is 0 Å². The molecular weight excluding hydrogens is 180 g/mol. The van der Waals surface area contributed by atoms with Crippen LogP contribution in [0.3, 0.4) is 0 Å². The lowest BCUT2D eigenvalue weighted by atomic mass is 10.2. The van der Waals surface area contributed by atoms with Gasteiger partial charge >= 0.3 is 0 Å². The van der Waals surface area contributed by atoms with E-state index in [0.29, 0.717) is 11.5 Å². The summed E-state index contributed by atoms with van der Waals surface area (Å²) < 4.78 is 11.4. The van der Waals surface area contributed by atoms with E-state index >= 15 is 0 Å². The van der Waals surface area contributed by atoms with Crippen LogP contribution < -0.4 is 0 Å². The maximum atomic E-state index is 11.4. The summed E-state index contributed by atoms with van der Waals surface area (Å²) in [6.07, 6.45) is 3.88. The molecule has 2 heteroatoms. The Balaban J connectivity index is 2.46. The predicted molar refractivity (Wildman–Crippen MR) is 58.0 cm³/mol. The first kappa shape index (κ1) is 10.2. The van der Waals surface area contributed by atoms with E-state index in [1.165, 1.54) is 0 Å². The van der Waals surface area contributed by atoms with Crippen LogP contribution in [0.1, 0.15) is 12.5 Å². The molecule has 1 aromatic rings. The SMILES string of the molecule is C/C=C/CS(=O)Cc1ccccc1. The summed E-state index contributed by atoms with van der Waals surface area (Å²) in [4.78, 5) is 0. The first-order valence-electron chi connectivity index (χ1n) is 4.33. The van der Waals surface area contributed by atoms with Crippen molar-refractivity contribution >= 4 is 10.8 Å². The fourth-order valence-corrected chi connectivity index (χ4v) is 2.11. The first-order chi connectivity index (χ1) is 6.33. The van der Waals surface area contributed by atoms with Gasteiger partial charge in [0.05, 0.1) is 0 Å². The first-order valence-corrected chi connectivity index (χ1v) is 5.82. The molecule has 70 valence electrons. The van der Waals surface area contributed by atoms with E-state index in [1.807, 2.05) is 49.4 Å². The number of hydrogen-bond acceptors (Lipinski definition) is 1. The average Bonchev–Trinajstić information content (AvgIpc) is 2.16. The lowest BCUT2D eigenvalue weighted by Crippen LogP contribution is -1.98. The third-order valence-electron chi connectivity index (χ3n) is 1.69. The number of hydrogen-bond donors (Lipinski definition) is 0. The highest BCUT2D eigenvalue weighted by molar-refractivity contribution is 7.84. The van der Waals surface area contributed by atoms with Gasteiger partial charge in [0.1, 0.15) is 0 Å². The van der Waals surface area contributed by atoms with Crippen molar-refractivity contribution in [3.05, 3.63) is 48.0 Å². The number of rotatable bonds is 4. The normalized spacial score (nSPS) is 13.3. The summed E-state index contributed by atoms with van der Waals surface area (Å²) in [5, 5.41) is 0. The van der Waals surface area contributed by atoms with Crippen molar-refractivity contribution in [3.63, 3.8) is 0 Å². The molecule has 0 spiro atoms. The van der Waals surface area contributed by atoms with Crippen LogP contribution >= 0.6 is 0 Å². The van der Waals surface area contributed by atoms with Gasteiger partial charge in [0, 0.05) is 22.3 Å². The Kier molecular flexibility index (Phi) is 4.47. The third kappa shape index (κ3) is 4.04. The molecule has 0 bridgehead atoms. The van der Waals surface area contributed by atoms with Crippen LogP contribution in [0.15, 0.2) is 42.5 Å². The smallest absolute Gasteiger partial charge is 0.0488 e. The number of benzene rings is 1. The summed E-state index contributed by atoms with van der Waals surface area (Å²) in [6.45, 7) is 1.94. The Bertz CT molecular complexity index is 290. The van der Waals surface area contributed by atoms with Crippen molar-refractivity contribution in [2.24, 2.45) is 0 Å². The molecule has 1 atom stereocenters. The van der Waals surface area contributed by atoms with E-state index in [0.717, 1.165) is 5.56 Å². The zero-order chi connectivity index (χ0) is 9.52. The molecule has 1 unspecified atom stereocenters. The third-order valence-corrected chi connectivity index (χ3v) is 2.91. The lowest BCUT2D eigenvalue weighted by Gasteiger charge is -1.98. The van der Waals surface area contributed by atoms with Gasteiger partial charge in [-0.3, -0.25) is 4.21 Å². The number of allylic oxidation sites excluding steroid dienone is 1. The molecule has 0 saturated heterocycles. The standard InChI is InChI=1S/C11H14OS/c1-2-3-9-13(12)10-11-7-5-4-6-8-11/h2-8H,9-10H2,1H3/b3-2+. The van der Waals surface area contributed by atoms with Gasteiger partial charge in [-0.1, -0.05) is 42.5 Å². The van der Waals surface area contributed by atoms with E-state index in [2.05, 4.69) is 0 Å². The molecule has 0 N–H and O–H groups in total. The lowest BCUT2D eigenvalue weighted by molar-refractivity contribution is 0.684. The second-order valence-corrected chi connectivity index (χ2v) is 4.31. The van der Waals surface area contributed by atoms with Gasteiger partial charge in [-0.25, -0.2) is 0 Å². The molecule has 1 rings (SSSR count). The molecule has 0 amide bonds. The summed E-state index contributed by atoms with van der Waals surface area (Å²) >= 11 is 0.